The molecule has 1 aromatic carbocycles. The molecule has 2 fully saturated rings. The lowest BCUT2D eigenvalue weighted by molar-refractivity contribution is 0.160. The second-order valence-electron chi connectivity index (χ2n) is 6.58. The van der Waals surface area contributed by atoms with Gasteiger partial charge in [0.05, 0.1) is 32.5 Å². The largest absolute Gasteiger partial charge is 0.493 e. The number of nitrogens with zero attached hydrogens (tertiary/aromatic N) is 3. The molecule has 1 atom stereocenters. The number of anilines is 2. The predicted molar refractivity (Wildman–Crippen MR) is 99.4 cm³/mol. The van der Waals surface area contributed by atoms with Gasteiger partial charge in [-0.05, 0) is 18.6 Å². The van der Waals surface area contributed by atoms with Crippen LogP contribution < -0.4 is 19.7 Å². The summed E-state index contributed by atoms with van der Waals surface area (Å²) in [5, 5.41) is 3.06. The maximum absolute atomic E-state index is 6.06. The highest BCUT2D eigenvalue weighted by Gasteiger charge is 2.31. The van der Waals surface area contributed by atoms with Crippen molar-refractivity contribution in [2.75, 3.05) is 50.7 Å². The zero-order valence-corrected chi connectivity index (χ0v) is 15.1. The van der Waals surface area contributed by atoms with E-state index in [0.29, 0.717) is 11.9 Å². The van der Waals surface area contributed by atoms with Crippen molar-refractivity contribution in [1.82, 2.24) is 9.97 Å². The number of nitrogens with one attached hydrogen (secondary N) is 1. The summed E-state index contributed by atoms with van der Waals surface area (Å²) in [7, 11) is 3.50. The Balaban J connectivity index is 1.44. The summed E-state index contributed by atoms with van der Waals surface area (Å²) < 4.78 is 16.9. The van der Waals surface area contributed by atoms with Crippen LogP contribution in [0.2, 0.25) is 0 Å². The number of benzene rings is 1. The highest BCUT2D eigenvalue weighted by molar-refractivity contribution is 5.49. The van der Waals surface area contributed by atoms with Crippen LogP contribution in [0, 0.1) is 0 Å². The van der Waals surface area contributed by atoms with Crippen LogP contribution in [0.1, 0.15) is 18.0 Å². The van der Waals surface area contributed by atoms with E-state index in [2.05, 4.69) is 26.3 Å². The van der Waals surface area contributed by atoms with E-state index in [1.54, 1.807) is 7.11 Å². The van der Waals surface area contributed by atoms with Crippen LogP contribution in [-0.2, 0) is 4.74 Å². The lowest BCUT2D eigenvalue weighted by Crippen LogP contribution is -2.54. The minimum absolute atomic E-state index is 0.123. The maximum Gasteiger partial charge on any atom is 0.224 e. The fourth-order valence-corrected chi connectivity index (χ4v) is 3.30. The van der Waals surface area contributed by atoms with Crippen LogP contribution in [0.3, 0.4) is 0 Å². The molecule has 2 saturated heterocycles. The van der Waals surface area contributed by atoms with Gasteiger partial charge in [-0.3, -0.25) is 0 Å². The van der Waals surface area contributed by atoms with Crippen LogP contribution >= 0.6 is 0 Å². The number of ether oxygens (including phenoxy) is 3. The first-order valence-corrected chi connectivity index (χ1v) is 8.96. The van der Waals surface area contributed by atoms with Gasteiger partial charge in [0, 0.05) is 25.6 Å². The first-order valence-electron chi connectivity index (χ1n) is 8.96. The minimum atomic E-state index is 0.123. The van der Waals surface area contributed by atoms with Gasteiger partial charge in [0.1, 0.15) is 11.9 Å². The molecule has 0 spiro atoms. The Morgan fingerprint density at radius 2 is 2.00 bits per heavy atom. The van der Waals surface area contributed by atoms with E-state index in [1.165, 1.54) is 0 Å². The van der Waals surface area contributed by atoms with Crippen molar-refractivity contribution < 1.29 is 14.2 Å². The van der Waals surface area contributed by atoms with E-state index in [1.807, 2.05) is 31.3 Å². The average Bonchev–Trinajstić information content (AvgIpc) is 3.19. The van der Waals surface area contributed by atoms with E-state index < -0.39 is 0 Å². The van der Waals surface area contributed by atoms with Crippen molar-refractivity contribution in [3.05, 3.63) is 36.0 Å². The van der Waals surface area contributed by atoms with Crippen molar-refractivity contribution in [2.24, 2.45) is 0 Å². The summed E-state index contributed by atoms with van der Waals surface area (Å²) in [4.78, 5) is 11.4. The Hall–Kier alpha value is -2.54. The molecule has 3 heterocycles. The molecule has 2 aliphatic rings. The molecule has 0 amide bonds. The third kappa shape index (κ3) is 3.39. The van der Waals surface area contributed by atoms with Gasteiger partial charge in [-0.15, -0.1) is 0 Å². The quantitative estimate of drug-likeness (QED) is 0.852. The van der Waals surface area contributed by atoms with Crippen LogP contribution in [-0.4, -0.2) is 56.5 Å². The van der Waals surface area contributed by atoms with Crippen molar-refractivity contribution in [3.8, 4) is 11.5 Å². The number of hydrogen-bond acceptors (Lipinski definition) is 7. The molecule has 0 aliphatic carbocycles. The smallest absolute Gasteiger partial charge is 0.224 e. The summed E-state index contributed by atoms with van der Waals surface area (Å²) in [5.41, 5.74) is 1.05. The van der Waals surface area contributed by atoms with E-state index in [-0.39, 0.29) is 6.10 Å². The monoisotopic (exact) mass is 356 g/mol. The van der Waals surface area contributed by atoms with Gasteiger partial charge < -0.3 is 24.4 Å². The molecule has 0 saturated carbocycles. The van der Waals surface area contributed by atoms with Crippen molar-refractivity contribution in [1.29, 1.82) is 0 Å². The molecule has 138 valence electrons. The molecular weight excluding hydrogens is 332 g/mol. The minimum Gasteiger partial charge on any atom is -0.493 e. The Bertz CT molecular complexity index is 758. The molecule has 0 radical (unpaired) electrons. The second-order valence-corrected chi connectivity index (χ2v) is 6.58. The standard InChI is InChI=1S/C19H24N4O3/c1-20-19-21-15(13-7-8-25-12-13)9-18(22-19)23-10-14(11-23)26-17-6-4-3-5-16(17)24-2/h3-6,9,13-14H,7-8,10-12H2,1-2H3,(H,20,21,22). The van der Waals surface area contributed by atoms with Crippen LogP contribution in [0.15, 0.2) is 30.3 Å². The predicted octanol–water partition coefficient (Wildman–Crippen LogP) is 2.30. The van der Waals surface area contributed by atoms with E-state index in [0.717, 1.165) is 55.7 Å². The molecule has 2 aliphatic heterocycles. The molecule has 1 N–H and O–H groups in total. The normalized spacial score (nSPS) is 19.9. The first kappa shape index (κ1) is 16.9. The zero-order chi connectivity index (χ0) is 17.9. The lowest BCUT2D eigenvalue weighted by Gasteiger charge is -2.40. The van der Waals surface area contributed by atoms with Crippen molar-refractivity contribution in [2.45, 2.75) is 18.4 Å². The van der Waals surface area contributed by atoms with Gasteiger partial charge in [0.15, 0.2) is 11.5 Å². The molecule has 1 unspecified atom stereocenters. The summed E-state index contributed by atoms with van der Waals surface area (Å²) in [5.74, 6) is 3.48. The van der Waals surface area contributed by atoms with Crippen LogP contribution in [0.4, 0.5) is 11.8 Å². The SMILES string of the molecule is CNc1nc(C2CCOC2)cc(N2CC(Oc3ccccc3OC)C2)n1. The Kier molecular flexibility index (Phi) is 4.79. The first-order chi connectivity index (χ1) is 12.8. The highest BCUT2D eigenvalue weighted by Crippen LogP contribution is 2.32. The summed E-state index contributed by atoms with van der Waals surface area (Å²) in [6.07, 6.45) is 1.14. The molecule has 4 rings (SSSR count). The average molecular weight is 356 g/mol. The maximum atomic E-state index is 6.06. The number of hydrogen-bond donors (Lipinski definition) is 1. The lowest BCUT2D eigenvalue weighted by atomic mass is 10.0. The summed E-state index contributed by atoms with van der Waals surface area (Å²) >= 11 is 0. The summed E-state index contributed by atoms with van der Waals surface area (Å²) in [6, 6.07) is 9.81. The van der Waals surface area contributed by atoms with E-state index in [9.17, 15) is 0 Å². The topological polar surface area (TPSA) is 68.7 Å². The van der Waals surface area contributed by atoms with Gasteiger partial charge in [0.2, 0.25) is 5.95 Å². The Labute approximate surface area is 153 Å². The molecule has 2 aromatic rings. The van der Waals surface area contributed by atoms with Gasteiger partial charge in [-0.1, -0.05) is 12.1 Å². The molecule has 26 heavy (non-hydrogen) atoms. The molecule has 1 aromatic heterocycles. The number of aromatic nitrogens is 2. The van der Waals surface area contributed by atoms with E-state index >= 15 is 0 Å². The van der Waals surface area contributed by atoms with Gasteiger partial charge in [-0.25, -0.2) is 4.98 Å². The second kappa shape index (κ2) is 7.37. The number of para-hydroxylation sites is 2. The summed E-state index contributed by atoms with van der Waals surface area (Å²) in [6.45, 7) is 3.12. The van der Waals surface area contributed by atoms with Gasteiger partial charge in [-0.2, -0.15) is 4.98 Å². The number of rotatable bonds is 6. The van der Waals surface area contributed by atoms with Crippen molar-refractivity contribution >= 4 is 11.8 Å². The molecule has 0 bridgehead atoms. The van der Waals surface area contributed by atoms with Gasteiger partial charge in [0.25, 0.3) is 0 Å². The molecule has 7 heteroatoms. The van der Waals surface area contributed by atoms with Crippen LogP contribution in [0.25, 0.3) is 0 Å². The molecule has 7 nitrogen and oxygen atoms in total. The Morgan fingerprint density at radius 1 is 1.19 bits per heavy atom. The fourth-order valence-electron chi connectivity index (χ4n) is 3.30. The third-order valence-electron chi connectivity index (χ3n) is 4.84. The van der Waals surface area contributed by atoms with E-state index in [4.69, 9.17) is 14.2 Å². The van der Waals surface area contributed by atoms with Gasteiger partial charge >= 0.3 is 0 Å². The Morgan fingerprint density at radius 3 is 2.69 bits per heavy atom. The molecular formula is C19H24N4O3. The highest BCUT2D eigenvalue weighted by atomic mass is 16.5. The third-order valence-corrected chi connectivity index (χ3v) is 4.84. The van der Waals surface area contributed by atoms with Crippen LogP contribution in [0.5, 0.6) is 11.5 Å². The van der Waals surface area contributed by atoms with Crippen molar-refractivity contribution in [3.63, 3.8) is 0 Å². The fraction of sp³-hybridized carbons (Fsp3) is 0.474. The zero-order valence-electron chi connectivity index (χ0n) is 15.1. The number of methoxy groups -OCH3 is 1.